The molecule has 1 aromatic heterocycles. The fraction of sp³-hybridized carbons (Fsp3) is 0.261. The molecule has 3 heterocycles. The fourth-order valence-corrected chi connectivity index (χ4v) is 4.38. The van der Waals surface area contributed by atoms with Crippen LogP contribution in [0.2, 0.25) is 0 Å². The number of nitrogens with zero attached hydrogens (tertiary/aromatic N) is 2. The number of rotatable bonds is 2. The number of para-hydroxylation sites is 1. The zero-order chi connectivity index (χ0) is 16.6. The van der Waals surface area contributed by atoms with Crippen molar-refractivity contribution in [1.82, 2.24) is 4.98 Å². The average Bonchev–Trinajstić information content (AvgIpc) is 2.67. The molecule has 0 fully saturated rings. The molecule has 5 rings (SSSR count). The van der Waals surface area contributed by atoms with Crippen LogP contribution in [0.5, 0.6) is 0 Å². The van der Waals surface area contributed by atoms with E-state index in [1.165, 1.54) is 55.3 Å². The lowest BCUT2D eigenvalue weighted by Gasteiger charge is -2.37. The number of aromatic nitrogens is 1. The van der Waals surface area contributed by atoms with E-state index < -0.39 is 0 Å². The first-order chi connectivity index (χ1) is 12.4. The predicted molar refractivity (Wildman–Crippen MR) is 106 cm³/mol. The molecule has 3 aromatic rings. The number of benzene rings is 2. The number of hydrogen-bond acceptors (Lipinski definition) is 2. The van der Waals surface area contributed by atoms with Crippen LogP contribution in [0.25, 0.3) is 23.1 Å². The van der Waals surface area contributed by atoms with Gasteiger partial charge in [-0.05, 0) is 72.2 Å². The summed E-state index contributed by atoms with van der Waals surface area (Å²) >= 11 is 0. The standard InChI is InChI=1S/C23H22N2/c1-2-8-22-21(7-1)18(11-12-24-22)10-9-17-15-19-5-3-13-25-14-4-6-20(16-17)23(19)25/h1-2,7-12,15-16H,3-6,13-14H2/b10-9+. The highest BCUT2D eigenvalue weighted by molar-refractivity contribution is 5.90. The predicted octanol–water partition coefficient (Wildman–Crippen LogP) is 5.10. The van der Waals surface area contributed by atoms with Crippen molar-refractivity contribution in [1.29, 1.82) is 0 Å². The molecule has 2 aliphatic heterocycles. The van der Waals surface area contributed by atoms with Crippen molar-refractivity contribution in [2.24, 2.45) is 0 Å². The highest BCUT2D eigenvalue weighted by Gasteiger charge is 2.23. The van der Waals surface area contributed by atoms with E-state index in [1.807, 2.05) is 12.3 Å². The van der Waals surface area contributed by atoms with Gasteiger partial charge in [0, 0.05) is 30.4 Å². The summed E-state index contributed by atoms with van der Waals surface area (Å²) < 4.78 is 0. The smallest absolute Gasteiger partial charge is 0.0707 e. The van der Waals surface area contributed by atoms with Gasteiger partial charge in [-0.2, -0.15) is 0 Å². The molecule has 0 bridgehead atoms. The number of fused-ring (bicyclic) bond motifs is 1. The number of anilines is 1. The van der Waals surface area contributed by atoms with Crippen LogP contribution in [0.3, 0.4) is 0 Å². The Labute approximate surface area is 148 Å². The van der Waals surface area contributed by atoms with Crippen LogP contribution >= 0.6 is 0 Å². The lowest BCUT2D eigenvalue weighted by atomic mass is 9.90. The van der Waals surface area contributed by atoms with Gasteiger partial charge < -0.3 is 4.90 Å². The Morgan fingerprint density at radius 1 is 0.880 bits per heavy atom. The van der Waals surface area contributed by atoms with Crippen LogP contribution in [-0.4, -0.2) is 18.1 Å². The van der Waals surface area contributed by atoms with E-state index in [4.69, 9.17) is 0 Å². The van der Waals surface area contributed by atoms with E-state index >= 15 is 0 Å². The summed E-state index contributed by atoms with van der Waals surface area (Å²) in [6.07, 6.45) is 11.4. The number of pyridine rings is 1. The molecule has 2 heteroatoms. The van der Waals surface area contributed by atoms with Gasteiger partial charge in [-0.15, -0.1) is 0 Å². The van der Waals surface area contributed by atoms with E-state index in [2.05, 4.69) is 58.4 Å². The van der Waals surface area contributed by atoms with Crippen molar-refractivity contribution in [2.45, 2.75) is 25.7 Å². The summed E-state index contributed by atoms with van der Waals surface area (Å²) in [5, 5.41) is 1.21. The quantitative estimate of drug-likeness (QED) is 0.651. The molecule has 25 heavy (non-hydrogen) atoms. The topological polar surface area (TPSA) is 16.1 Å². The maximum absolute atomic E-state index is 4.46. The molecular weight excluding hydrogens is 304 g/mol. The summed E-state index contributed by atoms with van der Waals surface area (Å²) in [6, 6.07) is 15.2. The van der Waals surface area contributed by atoms with Crippen molar-refractivity contribution >= 4 is 28.7 Å². The molecule has 2 aromatic carbocycles. The molecule has 0 N–H and O–H groups in total. The Hall–Kier alpha value is -2.61. The molecule has 0 saturated heterocycles. The minimum absolute atomic E-state index is 1.06. The van der Waals surface area contributed by atoms with E-state index in [0.29, 0.717) is 0 Å². The van der Waals surface area contributed by atoms with Gasteiger partial charge >= 0.3 is 0 Å². The molecule has 0 spiro atoms. The van der Waals surface area contributed by atoms with Gasteiger partial charge in [0.2, 0.25) is 0 Å². The van der Waals surface area contributed by atoms with Gasteiger partial charge in [-0.1, -0.05) is 30.4 Å². The third kappa shape index (κ3) is 2.62. The molecule has 0 amide bonds. The van der Waals surface area contributed by atoms with Gasteiger partial charge in [0.1, 0.15) is 0 Å². The summed E-state index contributed by atoms with van der Waals surface area (Å²) in [7, 11) is 0. The zero-order valence-corrected chi connectivity index (χ0v) is 14.4. The van der Waals surface area contributed by atoms with E-state index in [1.54, 1.807) is 16.8 Å². The maximum atomic E-state index is 4.46. The Bertz CT molecular complexity index is 934. The van der Waals surface area contributed by atoms with Crippen molar-refractivity contribution in [3.63, 3.8) is 0 Å². The lowest BCUT2D eigenvalue weighted by Crippen LogP contribution is -2.34. The van der Waals surface area contributed by atoms with E-state index in [0.717, 1.165) is 5.52 Å². The summed E-state index contributed by atoms with van der Waals surface area (Å²) in [5.74, 6) is 0. The van der Waals surface area contributed by atoms with Crippen LogP contribution in [0, 0.1) is 0 Å². The second-order valence-corrected chi connectivity index (χ2v) is 7.13. The first-order valence-electron chi connectivity index (χ1n) is 9.31. The summed E-state index contributed by atoms with van der Waals surface area (Å²) in [4.78, 5) is 7.06. The van der Waals surface area contributed by atoms with Crippen molar-refractivity contribution in [3.8, 4) is 0 Å². The van der Waals surface area contributed by atoms with Crippen LogP contribution in [0.15, 0.2) is 48.7 Å². The molecule has 0 radical (unpaired) electrons. The second-order valence-electron chi connectivity index (χ2n) is 7.13. The van der Waals surface area contributed by atoms with E-state index in [9.17, 15) is 0 Å². The molecule has 2 aliphatic rings. The molecular formula is C23H22N2. The van der Waals surface area contributed by atoms with Crippen LogP contribution in [-0.2, 0) is 12.8 Å². The van der Waals surface area contributed by atoms with E-state index in [-0.39, 0.29) is 0 Å². The molecule has 0 saturated carbocycles. The number of aryl methyl sites for hydroxylation is 2. The van der Waals surface area contributed by atoms with Crippen molar-refractivity contribution in [2.75, 3.05) is 18.0 Å². The normalized spacial score (nSPS) is 16.4. The third-order valence-corrected chi connectivity index (χ3v) is 5.49. The molecule has 0 aliphatic carbocycles. The molecule has 2 nitrogen and oxygen atoms in total. The highest BCUT2D eigenvalue weighted by Crippen LogP contribution is 2.36. The number of hydrogen-bond donors (Lipinski definition) is 0. The second kappa shape index (κ2) is 6.03. The highest BCUT2D eigenvalue weighted by atomic mass is 15.1. The first kappa shape index (κ1) is 14.7. The Morgan fingerprint density at radius 3 is 2.44 bits per heavy atom. The maximum Gasteiger partial charge on any atom is 0.0707 e. The Morgan fingerprint density at radius 2 is 1.64 bits per heavy atom. The molecule has 0 unspecified atom stereocenters. The Balaban J connectivity index is 1.55. The fourth-order valence-electron chi connectivity index (χ4n) is 4.38. The van der Waals surface area contributed by atoms with Crippen molar-refractivity contribution in [3.05, 3.63) is 70.9 Å². The summed E-state index contributed by atoms with van der Waals surface area (Å²) in [6.45, 7) is 2.47. The SMILES string of the molecule is C(=C\c1ccnc2ccccc12)/c1cc2c3c(c1)CCCN3CCC2. The largest absolute Gasteiger partial charge is 0.371 e. The molecule has 124 valence electrons. The monoisotopic (exact) mass is 326 g/mol. The minimum atomic E-state index is 1.06. The summed E-state index contributed by atoms with van der Waals surface area (Å²) in [5.41, 5.74) is 8.26. The van der Waals surface area contributed by atoms with Gasteiger partial charge in [0.05, 0.1) is 5.52 Å². The van der Waals surface area contributed by atoms with Gasteiger partial charge in [-0.25, -0.2) is 0 Å². The van der Waals surface area contributed by atoms with Crippen molar-refractivity contribution < 1.29 is 0 Å². The zero-order valence-electron chi connectivity index (χ0n) is 14.4. The average molecular weight is 326 g/mol. The Kier molecular flexibility index (Phi) is 3.55. The van der Waals surface area contributed by atoms with Crippen LogP contribution in [0.4, 0.5) is 5.69 Å². The third-order valence-electron chi connectivity index (χ3n) is 5.49. The van der Waals surface area contributed by atoms with Gasteiger partial charge in [0.25, 0.3) is 0 Å². The van der Waals surface area contributed by atoms with Gasteiger partial charge in [0.15, 0.2) is 0 Å². The minimum Gasteiger partial charge on any atom is -0.371 e. The molecule has 0 atom stereocenters. The first-order valence-corrected chi connectivity index (χ1v) is 9.31. The van der Waals surface area contributed by atoms with Crippen LogP contribution in [0.1, 0.15) is 35.1 Å². The van der Waals surface area contributed by atoms with Gasteiger partial charge in [-0.3, -0.25) is 4.98 Å². The lowest BCUT2D eigenvalue weighted by molar-refractivity contribution is 0.634. The van der Waals surface area contributed by atoms with Crippen LogP contribution < -0.4 is 4.90 Å².